The van der Waals surface area contributed by atoms with Gasteiger partial charge in [-0.3, -0.25) is 0 Å². The third-order valence-electron chi connectivity index (χ3n) is 3.43. The SMILES string of the molecule is Cc1cc(C)c(-n2ncc(C(=O)O)c2C(C)C)c(C)c1. The van der Waals surface area contributed by atoms with E-state index in [1.807, 2.05) is 27.7 Å². The Morgan fingerprint density at radius 1 is 1.20 bits per heavy atom. The zero-order valence-electron chi connectivity index (χ0n) is 12.6. The van der Waals surface area contributed by atoms with Crippen molar-refractivity contribution in [3.63, 3.8) is 0 Å². The molecule has 1 aromatic heterocycles. The van der Waals surface area contributed by atoms with Crippen molar-refractivity contribution in [3.05, 3.63) is 46.3 Å². The molecule has 20 heavy (non-hydrogen) atoms. The second kappa shape index (κ2) is 5.12. The maximum atomic E-state index is 11.3. The highest BCUT2D eigenvalue weighted by Crippen LogP contribution is 2.27. The van der Waals surface area contributed by atoms with Gasteiger partial charge < -0.3 is 5.11 Å². The van der Waals surface area contributed by atoms with Crippen LogP contribution >= 0.6 is 0 Å². The van der Waals surface area contributed by atoms with Crippen molar-refractivity contribution in [3.8, 4) is 5.69 Å². The van der Waals surface area contributed by atoms with Crippen molar-refractivity contribution >= 4 is 5.97 Å². The lowest BCUT2D eigenvalue weighted by atomic mass is 10.0. The van der Waals surface area contributed by atoms with E-state index in [9.17, 15) is 9.90 Å². The molecule has 4 heteroatoms. The van der Waals surface area contributed by atoms with Gasteiger partial charge in [0.15, 0.2) is 0 Å². The van der Waals surface area contributed by atoms with Crippen molar-refractivity contribution in [2.45, 2.75) is 40.5 Å². The Bertz CT molecular complexity index is 646. The highest BCUT2D eigenvalue weighted by Gasteiger charge is 2.21. The first-order valence-electron chi connectivity index (χ1n) is 6.72. The van der Waals surface area contributed by atoms with Gasteiger partial charge in [0.05, 0.1) is 17.6 Å². The smallest absolute Gasteiger partial charge is 0.339 e. The van der Waals surface area contributed by atoms with Crippen molar-refractivity contribution in [1.29, 1.82) is 0 Å². The molecule has 1 heterocycles. The normalized spacial score (nSPS) is 11.1. The van der Waals surface area contributed by atoms with Gasteiger partial charge in [-0.05, 0) is 37.8 Å². The number of hydrogen-bond acceptors (Lipinski definition) is 2. The van der Waals surface area contributed by atoms with E-state index in [0.29, 0.717) is 0 Å². The molecular formula is C16H20N2O2. The maximum absolute atomic E-state index is 11.3. The summed E-state index contributed by atoms with van der Waals surface area (Å²) in [6.07, 6.45) is 1.44. The molecule has 0 fully saturated rings. The number of rotatable bonds is 3. The second-order valence-electron chi connectivity index (χ2n) is 5.56. The predicted octanol–water partition coefficient (Wildman–Crippen LogP) is 3.62. The number of benzene rings is 1. The van der Waals surface area contributed by atoms with Crippen LogP contribution in [0.15, 0.2) is 18.3 Å². The van der Waals surface area contributed by atoms with Crippen LogP contribution in [0.25, 0.3) is 5.69 Å². The van der Waals surface area contributed by atoms with Crippen LogP contribution in [0.3, 0.4) is 0 Å². The lowest BCUT2D eigenvalue weighted by molar-refractivity contribution is 0.0695. The quantitative estimate of drug-likeness (QED) is 0.928. The van der Waals surface area contributed by atoms with Crippen LogP contribution < -0.4 is 0 Å². The lowest BCUT2D eigenvalue weighted by Crippen LogP contribution is -2.10. The first kappa shape index (κ1) is 14.3. The summed E-state index contributed by atoms with van der Waals surface area (Å²) in [6, 6.07) is 4.18. The van der Waals surface area contributed by atoms with Gasteiger partial charge in [0.25, 0.3) is 0 Å². The molecule has 106 valence electrons. The van der Waals surface area contributed by atoms with Crippen molar-refractivity contribution in [2.75, 3.05) is 0 Å². The third-order valence-corrected chi connectivity index (χ3v) is 3.43. The standard InChI is InChI=1S/C16H20N2O2/c1-9(2)14-13(16(19)20)8-17-18(14)15-11(4)6-10(3)7-12(15)5/h6-9H,1-5H3,(H,19,20). The Labute approximate surface area is 119 Å². The summed E-state index contributed by atoms with van der Waals surface area (Å²) in [5.74, 6) is -0.842. The van der Waals surface area contributed by atoms with E-state index in [1.54, 1.807) is 4.68 Å². The molecule has 0 saturated carbocycles. The molecule has 0 aliphatic rings. The van der Waals surface area contributed by atoms with Crippen molar-refractivity contribution in [2.24, 2.45) is 0 Å². The van der Waals surface area contributed by atoms with Crippen LogP contribution in [0.2, 0.25) is 0 Å². The van der Waals surface area contributed by atoms with Gasteiger partial charge in [0.1, 0.15) is 5.56 Å². The molecule has 0 bridgehead atoms. The molecular weight excluding hydrogens is 252 g/mol. The number of aryl methyl sites for hydroxylation is 3. The number of hydrogen-bond donors (Lipinski definition) is 1. The Morgan fingerprint density at radius 3 is 2.20 bits per heavy atom. The van der Waals surface area contributed by atoms with Gasteiger partial charge in [0, 0.05) is 0 Å². The van der Waals surface area contributed by atoms with Crippen LogP contribution in [0.1, 0.15) is 52.5 Å². The van der Waals surface area contributed by atoms with Crippen molar-refractivity contribution in [1.82, 2.24) is 9.78 Å². The van der Waals surface area contributed by atoms with Crippen LogP contribution in [0, 0.1) is 20.8 Å². The van der Waals surface area contributed by atoms with Crippen molar-refractivity contribution < 1.29 is 9.90 Å². The number of carboxylic acid groups (broad SMARTS) is 1. The summed E-state index contributed by atoms with van der Waals surface area (Å²) in [6.45, 7) is 10.1. The number of nitrogens with zero attached hydrogens (tertiary/aromatic N) is 2. The molecule has 1 aromatic carbocycles. The fraction of sp³-hybridized carbons (Fsp3) is 0.375. The minimum atomic E-state index is -0.928. The largest absolute Gasteiger partial charge is 0.478 e. The van der Waals surface area contributed by atoms with E-state index in [4.69, 9.17) is 0 Å². The summed E-state index contributed by atoms with van der Waals surface area (Å²) in [4.78, 5) is 11.3. The Balaban J connectivity index is 2.74. The van der Waals surface area contributed by atoms with Gasteiger partial charge in [-0.1, -0.05) is 31.5 Å². The average molecular weight is 272 g/mol. The first-order valence-corrected chi connectivity index (χ1v) is 6.72. The molecule has 0 unspecified atom stereocenters. The van der Waals surface area contributed by atoms with E-state index < -0.39 is 5.97 Å². The van der Waals surface area contributed by atoms with Gasteiger partial charge in [-0.25, -0.2) is 9.48 Å². The highest BCUT2D eigenvalue weighted by atomic mass is 16.4. The van der Waals surface area contributed by atoms with E-state index in [2.05, 4.69) is 24.2 Å². The average Bonchev–Trinajstić information content (AvgIpc) is 2.72. The number of aromatic nitrogens is 2. The number of carboxylic acids is 1. The fourth-order valence-corrected chi connectivity index (χ4v) is 2.76. The molecule has 4 nitrogen and oxygen atoms in total. The van der Waals surface area contributed by atoms with Gasteiger partial charge in [0.2, 0.25) is 0 Å². The number of aromatic carboxylic acids is 1. The zero-order valence-corrected chi connectivity index (χ0v) is 12.6. The highest BCUT2D eigenvalue weighted by molar-refractivity contribution is 5.89. The summed E-state index contributed by atoms with van der Waals surface area (Å²) >= 11 is 0. The Kier molecular flexibility index (Phi) is 3.66. The summed E-state index contributed by atoms with van der Waals surface area (Å²) in [7, 11) is 0. The number of carbonyl (C=O) groups is 1. The van der Waals surface area contributed by atoms with Gasteiger partial charge in [-0.2, -0.15) is 5.10 Å². The molecule has 0 amide bonds. The lowest BCUT2D eigenvalue weighted by Gasteiger charge is -2.16. The van der Waals surface area contributed by atoms with Gasteiger partial charge >= 0.3 is 5.97 Å². The molecule has 0 atom stereocenters. The van der Waals surface area contributed by atoms with Crippen LogP contribution in [0.4, 0.5) is 0 Å². The van der Waals surface area contributed by atoms with E-state index in [0.717, 1.165) is 22.5 Å². The minimum absolute atomic E-state index is 0.0868. The fourth-order valence-electron chi connectivity index (χ4n) is 2.76. The summed E-state index contributed by atoms with van der Waals surface area (Å²) in [5.41, 5.74) is 5.40. The molecule has 2 aromatic rings. The summed E-state index contributed by atoms with van der Waals surface area (Å²) in [5, 5.41) is 13.6. The van der Waals surface area contributed by atoms with Crippen LogP contribution in [-0.2, 0) is 0 Å². The second-order valence-corrected chi connectivity index (χ2v) is 5.56. The summed E-state index contributed by atoms with van der Waals surface area (Å²) < 4.78 is 1.78. The Morgan fingerprint density at radius 2 is 1.75 bits per heavy atom. The molecule has 0 aliphatic carbocycles. The molecule has 0 aliphatic heterocycles. The molecule has 2 rings (SSSR count). The molecule has 0 saturated heterocycles. The molecule has 0 radical (unpaired) electrons. The molecule has 1 N–H and O–H groups in total. The van der Waals surface area contributed by atoms with Gasteiger partial charge in [-0.15, -0.1) is 0 Å². The third kappa shape index (κ3) is 2.33. The minimum Gasteiger partial charge on any atom is -0.478 e. The van der Waals surface area contributed by atoms with E-state index in [1.165, 1.54) is 11.8 Å². The predicted molar refractivity (Wildman–Crippen MR) is 78.8 cm³/mol. The topological polar surface area (TPSA) is 55.1 Å². The first-order chi connectivity index (χ1) is 9.32. The van der Waals surface area contributed by atoms with Crippen LogP contribution in [-0.4, -0.2) is 20.9 Å². The zero-order chi connectivity index (χ0) is 15.0. The van der Waals surface area contributed by atoms with E-state index >= 15 is 0 Å². The van der Waals surface area contributed by atoms with E-state index in [-0.39, 0.29) is 11.5 Å². The Hall–Kier alpha value is -2.10. The van der Waals surface area contributed by atoms with Crippen LogP contribution in [0.5, 0.6) is 0 Å². The molecule has 0 spiro atoms. The maximum Gasteiger partial charge on any atom is 0.339 e. The monoisotopic (exact) mass is 272 g/mol.